The molecule has 3 rings (SSSR count). The quantitative estimate of drug-likeness (QED) is 0.663. The summed E-state index contributed by atoms with van der Waals surface area (Å²) in [4.78, 5) is 24.4. The predicted octanol–water partition coefficient (Wildman–Crippen LogP) is 0.876. The first-order valence-electron chi connectivity index (χ1n) is 8.21. The van der Waals surface area contributed by atoms with Crippen LogP contribution in [0.25, 0.3) is 5.82 Å². The first-order chi connectivity index (χ1) is 13.1. The van der Waals surface area contributed by atoms with Crippen LogP contribution in [0.4, 0.5) is 0 Å². The second-order valence-corrected chi connectivity index (χ2v) is 5.50. The number of ether oxygens (including phenoxy) is 2. The highest BCUT2D eigenvalue weighted by Crippen LogP contribution is 2.30. The molecule has 2 aromatic heterocycles. The van der Waals surface area contributed by atoms with E-state index in [9.17, 15) is 9.59 Å². The Balaban J connectivity index is 1.69. The molecule has 9 nitrogen and oxygen atoms in total. The normalized spacial score (nSPS) is 10.4. The molecule has 1 amide bonds. The monoisotopic (exact) mass is 369 g/mol. The first kappa shape index (κ1) is 18.2. The number of amides is 1. The molecule has 3 aromatic rings. The van der Waals surface area contributed by atoms with E-state index >= 15 is 0 Å². The minimum atomic E-state index is -0.331. The predicted molar refractivity (Wildman–Crippen MR) is 97.5 cm³/mol. The average Bonchev–Trinajstić information content (AvgIpc) is 3.23. The van der Waals surface area contributed by atoms with E-state index in [2.05, 4.69) is 15.5 Å². The van der Waals surface area contributed by atoms with Crippen molar-refractivity contribution in [1.82, 2.24) is 24.9 Å². The lowest BCUT2D eigenvalue weighted by Crippen LogP contribution is -2.32. The lowest BCUT2D eigenvalue weighted by molar-refractivity contribution is 0.0948. The largest absolute Gasteiger partial charge is 0.493 e. The van der Waals surface area contributed by atoms with Crippen molar-refractivity contribution in [2.75, 3.05) is 20.8 Å². The molecule has 0 saturated heterocycles. The number of hydrogen-bond acceptors (Lipinski definition) is 6. The van der Waals surface area contributed by atoms with E-state index in [1.165, 1.54) is 25.0 Å². The van der Waals surface area contributed by atoms with Gasteiger partial charge in [-0.25, -0.2) is 9.36 Å². The van der Waals surface area contributed by atoms with E-state index < -0.39 is 0 Å². The van der Waals surface area contributed by atoms with E-state index in [1.54, 1.807) is 47.4 Å². The summed E-state index contributed by atoms with van der Waals surface area (Å²) in [6.07, 6.45) is 3.35. The van der Waals surface area contributed by atoms with Gasteiger partial charge in [0, 0.05) is 25.0 Å². The van der Waals surface area contributed by atoms with Crippen molar-refractivity contribution in [2.24, 2.45) is 0 Å². The van der Waals surface area contributed by atoms with Gasteiger partial charge in [-0.05, 0) is 24.3 Å². The topological polar surface area (TPSA) is 100 Å². The number of nitrogens with zero attached hydrogens (tertiary/aromatic N) is 4. The van der Waals surface area contributed by atoms with Gasteiger partial charge in [0.15, 0.2) is 17.3 Å². The number of aromatic nitrogens is 4. The highest BCUT2D eigenvalue weighted by Gasteiger charge is 2.16. The van der Waals surface area contributed by atoms with Crippen LogP contribution in [0.2, 0.25) is 0 Å². The summed E-state index contributed by atoms with van der Waals surface area (Å²) in [5, 5.41) is 11.1. The van der Waals surface area contributed by atoms with Crippen LogP contribution in [-0.2, 0) is 6.54 Å². The Morgan fingerprint density at radius 2 is 2.00 bits per heavy atom. The molecular formula is C18H19N5O4. The SMILES string of the molecule is COc1cccc(C(=O)NCCn2nc(-n3cccn3)ccc2=O)c1OC. The Kier molecular flexibility index (Phi) is 5.50. The van der Waals surface area contributed by atoms with Crippen molar-refractivity contribution in [3.8, 4) is 17.3 Å². The van der Waals surface area contributed by atoms with Crippen LogP contribution in [0.5, 0.6) is 11.5 Å². The summed E-state index contributed by atoms with van der Waals surface area (Å²) < 4.78 is 13.3. The molecule has 9 heteroatoms. The summed E-state index contributed by atoms with van der Waals surface area (Å²) in [6.45, 7) is 0.431. The van der Waals surface area contributed by atoms with E-state index in [0.29, 0.717) is 22.9 Å². The molecule has 2 heterocycles. The Labute approximate surface area is 155 Å². The van der Waals surface area contributed by atoms with Crippen molar-refractivity contribution >= 4 is 5.91 Å². The van der Waals surface area contributed by atoms with Crippen LogP contribution in [0, 0.1) is 0 Å². The Morgan fingerprint density at radius 1 is 1.15 bits per heavy atom. The number of hydrogen-bond donors (Lipinski definition) is 1. The smallest absolute Gasteiger partial charge is 0.266 e. The van der Waals surface area contributed by atoms with Crippen LogP contribution < -0.4 is 20.3 Å². The van der Waals surface area contributed by atoms with Gasteiger partial charge in [-0.1, -0.05) is 6.07 Å². The number of nitrogens with one attached hydrogen (secondary N) is 1. The minimum absolute atomic E-state index is 0.214. The van der Waals surface area contributed by atoms with Gasteiger partial charge in [-0.15, -0.1) is 5.10 Å². The molecule has 0 unspecified atom stereocenters. The Bertz CT molecular complexity index is 982. The third-order valence-corrected chi connectivity index (χ3v) is 3.85. The van der Waals surface area contributed by atoms with Crippen molar-refractivity contribution in [3.63, 3.8) is 0 Å². The zero-order valence-corrected chi connectivity index (χ0v) is 15.0. The van der Waals surface area contributed by atoms with Crippen LogP contribution in [0.1, 0.15) is 10.4 Å². The average molecular weight is 369 g/mol. The highest BCUT2D eigenvalue weighted by atomic mass is 16.5. The zero-order valence-electron chi connectivity index (χ0n) is 15.0. The molecule has 27 heavy (non-hydrogen) atoms. The number of benzene rings is 1. The van der Waals surface area contributed by atoms with E-state index in [0.717, 1.165) is 0 Å². The van der Waals surface area contributed by atoms with Crippen molar-refractivity contribution in [2.45, 2.75) is 6.54 Å². The third kappa shape index (κ3) is 3.97. The highest BCUT2D eigenvalue weighted by molar-refractivity contribution is 5.97. The number of methoxy groups -OCH3 is 2. The van der Waals surface area contributed by atoms with Gasteiger partial charge >= 0.3 is 0 Å². The van der Waals surface area contributed by atoms with Crippen molar-refractivity contribution in [3.05, 3.63) is 64.7 Å². The number of carbonyl (C=O) groups excluding carboxylic acids is 1. The Hall–Kier alpha value is -3.62. The van der Waals surface area contributed by atoms with E-state index in [-0.39, 0.29) is 24.6 Å². The fourth-order valence-electron chi connectivity index (χ4n) is 2.56. The van der Waals surface area contributed by atoms with Crippen molar-refractivity contribution in [1.29, 1.82) is 0 Å². The van der Waals surface area contributed by atoms with Gasteiger partial charge < -0.3 is 14.8 Å². The van der Waals surface area contributed by atoms with Crippen LogP contribution in [-0.4, -0.2) is 46.2 Å². The van der Waals surface area contributed by atoms with Gasteiger partial charge in [0.1, 0.15) is 0 Å². The lowest BCUT2D eigenvalue weighted by atomic mass is 10.1. The molecule has 0 bridgehead atoms. The molecule has 1 N–H and O–H groups in total. The molecule has 0 atom stereocenters. The maximum Gasteiger partial charge on any atom is 0.266 e. The first-order valence-corrected chi connectivity index (χ1v) is 8.21. The maximum absolute atomic E-state index is 12.5. The number of carbonyl (C=O) groups is 1. The Morgan fingerprint density at radius 3 is 2.70 bits per heavy atom. The molecule has 0 radical (unpaired) electrons. The van der Waals surface area contributed by atoms with Crippen LogP contribution in [0.3, 0.4) is 0 Å². The van der Waals surface area contributed by atoms with Gasteiger partial charge in [0.05, 0.1) is 26.3 Å². The fraction of sp³-hybridized carbons (Fsp3) is 0.222. The molecule has 0 spiro atoms. The molecule has 0 saturated carbocycles. The number of rotatable bonds is 7. The summed E-state index contributed by atoms with van der Waals surface area (Å²) in [5.74, 6) is 1.01. The third-order valence-electron chi connectivity index (χ3n) is 3.85. The molecular weight excluding hydrogens is 350 g/mol. The van der Waals surface area contributed by atoms with E-state index in [4.69, 9.17) is 9.47 Å². The summed E-state index contributed by atoms with van der Waals surface area (Å²) in [6, 6.07) is 9.82. The molecule has 1 aromatic carbocycles. The summed E-state index contributed by atoms with van der Waals surface area (Å²) >= 11 is 0. The van der Waals surface area contributed by atoms with Crippen molar-refractivity contribution < 1.29 is 14.3 Å². The zero-order chi connectivity index (χ0) is 19.2. The second-order valence-electron chi connectivity index (χ2n) is 5.50. The minimum Gasteiger partial charge on any atom is -0.493 e. The van der Waals surface area contributed by atoms with Gasteiger partial charge in [0.25, 0.3) is 11.5 Å². The van der Waals surface area contributed by atoms with Gasteiger partial charge in [-0.3, -0.25) is 9.59 Å². The summed E-state index contributed by atoms with van der Waals surface area (Å²) in [5.41, 5.74) is 0.0848. The van der Waals surface area contributed by atoms with Gasteiger partial charge in [0.2, 0.25) is 0 Å². The van der Waals surface area contributed by atoms with E-state index in [1.807, 2.05) is 0 Å². The molecule has 0 aliphatic rings. The fourth-order valence-corrected chi connectivity index (χ4v) is 2.56. The lowest BCUT2D eigenvalue weighted by Gasteiger charge is -2.13. The molecule has 0 fully saturated rings. The van der Waals surface area contributed by atoms with Crippen LogP contribution in [0.15, 0.2) is 53.6 Å². The maximum atomic E-state index is 12.5. The van der Waals surface area contributed by atoms with Gasteiger partial charge in [-0.2, -0.15) is 5.10 Å². The summed E-state index contributed by atoms with van der Waals surface area (Å²) in [7, 11) is 2.98. The number of para-hydroxylation sites is 1. The standard InChI is InChI=1S/C18H19N5O4/c1-26-14-6-3-5-13(17(14)27-2)18(25)19-10-12-23-16(24)8-7-15(21-23)22-11-4-9-20-22/h3-9,11H,10,12H2,1-2H3,(H,19,25). The molecule has 140 valence electrons. The van der Waals surface area contributed by atoms with Crippen LogP contribution >= 0.6 is 0 Å². The molecule has 0 aliphatic carbocycles. The second kappa shape index (κ2) is 8.17. The molecule has 0 aliphatic heterocycles.